The van der Waals surface area contributed by atoms with Gasteiger partial charge in [0.05, 0.1) is 7.11 Å². The number of benzene rings is 1. The van der Waals surface area contributed by atoms with E-state index in [4.69, 9.17) is 9.47 Å². The Morgan fingerprint density at radius 2 is 1.74 bits per heavy atom. The SMILES string of the molecule is COc1ccc(CN2CC3(C2)CN(C(=O)OC(C)(C)C)C3)cc1. The van der Waals surface area contributed by atoms with E-state index in [-0.39, 0.29) is 6.09 Å². The monoisotopic (exact) mass is 318 g/mol. The van der Waals surface area contributed by atoms with E-state index in [9.17, 15) is 4.79 Å². The van der Waals surface area contributed by atoms with Gasteiger partial charge in [-0.05, 0) is 38.5 Å². The molecule has 126 valence electrons. The molecule has 23 heavy (non-hydrogen) atoms. The molecule has 2 fully saturated rings. The molecule has 1 amide bonds. The molecule has 5 heteroatoms. The van der Waals surface area contributed by atoms with Gasteiger partial charge < -0.3 is 14.4 Å². The third-order valence-electron chi connectivity index (χ3n) is 4.39. The van der Waals surface area contributed by atoms with E-state index in [2.05, 4.69) is 17.0 Å². The third-order valence-corrected chi connectivity index (χ3v) is 4.39. The number of carbonyl (C=O) groups excluding carboxylic acids is 1. The summed E-state index contributed by atoms with van der Waals surface area (Å²) in [5.41, 5.74) is 1.17. The zero-order valence-electron chi connectivity index (χ0n) is 14.5. The molecule has 0 unspecified atom stereocenters. The molecule has 0 aliphatic carbocycles. The van der Waals surface area contributed by atoms with Crippen LogP contribution in [0.4, 0.5) is 4.79 Å². The predicted molar refractivity (Wildman–Crippen MR) is 88.5 cm³/mol. The maximum atomic E-state index is 12.0. The van der Waals surface area contributed by atoms with Gasteiger partial charge in [0, 0.05) is 38.1 Å². The predicted octanol–water partition coefficient (Wildman–Crippen LogP) is 2.75. The zero-order valence-corrected chi connectivity index (χ0v) is 14.5. The van der Waals surface area contributed by atoms with Gasteiger partial charge in [-0.3, -0.25) is 4.90 Å². The number of hydrogen-bond acceptors (Lipinski definition) is 4. The van der Waals surface area contributed by atoms with Crippen LogP contribution in [0.1, 0.15) is 26.3 Å². The van der Waals surface area contributed by atoms with Gasteiger partial charge in [-0.2, -0.15) is 0 Å². The minimum absolute atomic E-state index is 0.184. The topological polar surface area (TPSA) is 42.0 Å². The molecule has 5 nitrogen and oxygen atoms in total. The first-order valence-corrected chi connectivity index (χ1v) is 8.12. The molecule has 1 spiro atoms. The number of hydrogen-bond donors (Lipinski definition) is 0. The first kappa shape index (κ1) is 16.1. The zero-order chi connectivity index (χ0) is 16.7. The number of rotatable bonds is 3. The number of amides is 1. The smallest absolute Gasteiger partial charge is 0.410 e. The van der Waals surface area contributed by atoms with E-state index in [0.29, 0.717) is 5.41 Å². The molecule has 0 bridgehead atoms. The lowest BCUT2D eigenvalue weighted by atomic mass is 9.73. The van der Waals surface area contributed by atoms with E-state index >= 15 is 0 Å². The van der Waals surface area contributed by atoms with Crippen LogP contribution in [0, 0.1) is 5.41 Å². The van der Waals surface area contributed by atoms with Crippen LogP contribution >= 0.6 is 0 Å². The van der Waals surface area contributed by atoms with E-state index in [1.807, 2.05) is 37.8 Å². The molecular weight excluding hydrogens is 292 g/mol. The first-order valence-electron chi connectivity index (χ1n) is 8.12. The molecule has 1 aromatic rings. The second kappa shape index (κ2) is 5.71. The summed E-state index contributed by atoms with van der Waals surface area (Å²) < 4.78 is 10.6. The van der Waals surface area contributed by atoms with Gasteiger partial charge in [-0.1, -0.05) is 12.1 Å². The molecule has 2 aliphatic rings. The lowest BCUT2D eigenvalue weighted by Gasteiger charge is -2.60. The van der Waals surface area contributed by atoms with Crippen molar-refractivity contribution in [3.05, 3.63) is 29.8 Å². The average molecular weight is 318 g/mol. The van der Waals surface area contributed by atoms with Crippen molar-refractivity contribution in [3.8, 4) is 5.75 Å². The van der Waals surface area contributed by atoms with Gasteiger partial charge >= 0.3 is 6.09 Å². The summed E-state index contributed by atoms with van der Waals surface area (Å²) in [6, 6.07) is 8.21. The van der Waals surface area contributed by atoms with E-state index in [1.165, 1.54) is 5.56 Å². The summed E-state index contributed by atoms with van der Waals surface area (Å²) in [4.78, 5) is 16.2. The fourth-order valence-electron chi connectivity index (χ4n) is 3.42. The van der Waals surface area contributed by atoms with Crippen molar-refractivity contribution in [2.75, 3.05) is 33.3 Å². The second-order valence-electron chi connectivity index (χ2n) is 7.83. The molecule has 0 radical (unpaired) electrons. The summed E-state index contributed by atoms with van der Waals surface area (Å²) >= 11 is 0. The van der Waals surface area contributed by atoms with Crippen molar-refractivity contribution in [3.63, 3.8) is 0 Å². The van der Waals surface area contributed by atoms with Crippen molar-refractivity contribution >= 4 is 6.09 Å². The van der Waals surface area contributed by atoms with Gasteiger partial charge in [-0.15, -0.1) is 0 Å². The Kier molecular flexibility index (Phi) is 4.00. The summed E-state index contributed by atoms with van der Waals surface area (Å²) in [5, 5.41) is 0. The van der Waals surface area contributed by atoms with Gasteiger partial charge in [0.15, 0.2) is 0 Å². The highest BCUT2D eigenvalue weighted by Crippen LogP contribution is 2.40. The molecule has 3 rings (SSSR count). The van der Waals surface area contributed by atoms with Gasteiger partial charge in [-0.25, -0.2) is 4.79 Å². The molecule has 2 saturated heterocycles. The van der Waals surface area contributed by atoms with Crippen LogP contribution in [-0.4, -0.2) is 54.8 Å². The quantitative estimate of drug-likeness (QED) is 0.859. The van der Waals surface area contributed by atoms with Gasteiger partial charge in [0.1, 0.15) is 11.4 Å². The minimum Gasteiger partial charge on any atom is -0.497 e. The van der Waals surface area contributed by atoms with E-state index < -0.39 is 5.60 Å². The molecule has 0 atom stereocenters. The second-order valence-corrected chi connectivity index (χ2v) is 7.83. The van der Waals surface area contributed by atoms with Crippen LogP contribution in [0.3, 0.4) is 0 Å². The Balaban J connectivity index is 1.42. The number of methoxy groups -OCH3 is 1. The highest BCUT2D eigenvalue weighted by molar-refractivity contribution is 5.69. The van der Waals surface area contributed by atoms with Crippen LogP contribution in [0.15, 0.2) is 24.3 Å². The molecule has 0 N–H and O–H groups in total. The lowest BCUT2D eigenvalue weighted by molar-refractivity contribution is -0.115. The molecule has 2 aliphatic heterocycles. The fourth-order valence-corrected chi connectivity index (χ4v) is 3.42. The van der Waals surface area contributed by atoms with E-state index in [0.717, 1.165) is 38.5 Å². The van der Waals surface area contributed by atoms with Crippen LogP contribution in [-0.2, 0) is 11.3 Å². The maximum absolute atomic E-state index is 12.0. The summed E-state index contributed by atoms with van der Waals surface area (Å²) in [7, 11) is 1.68. The fraction of sp³-hybridized carbons (Fsp3) is 0.611. The molecule has 2 heterocycles. The number of ether oxygens (including phenoxy) is 2. The Morgan fingerprint density at radius 3 is 2.26 bits per heavy atom. The van der Waals surface area contributed by atoms with Crippen molar-refractivity contribution in [2.45, 2.75) is 32.9 Å². The van der Waals surface area contributed by atoms with Gasteiger partial charge in [0.2, 0.25) is 0 Å². The standard InChI is InChI=1S/C18H26N2O3/c1-17(2,3)23-16(21)20-12-18(13-20)10-19(11-18)9-14-5-7-15(22-4)8-6-14/h5-8H,9-13H2,1-4H3. The van der Waals surface area contributed by atoms with Crippen molar-refractivity contribution < 1.29 is 14.3 Å². The minimum atomic E-state index is -0.417. The highest BCUT2D eigenvalue weighted by Gasteiger charge is 2.53. The summed E-state index contributed by atoms with van der Waals surface area (Å²) in [6.45, 7) is 10.4. The normalized spacial score (nSPS) is 19.9. The van der Waals surface area contributed by atoms with Crippen LogP contribution in [0.2, 0.25) is 0 Å². The highest BCUT2D eigenvalue weighted by atomic mass is 16.6. The summed E-state index contributed by atoms with van der Waals surface area (Å²) in [6.07, 6.45) is -0.184. The number of carbonyl (C=O) groups is 1. The maximum Gasteiger partial charge on any atom is 0.410 e. The third kappa shape index (κ3) is 3.61. The Labute approximate surface area is 138 Å². The van der Waals surface area contributed by atoms with Crippen molar-refractivity contribution in [2.24, 2.45) is 5.41 Å². The average Bonchev–Trinajstić information content (AvgIpc) is 2.38. The molecule has 1 aromatic carbocycles. The van der Waals surface area contributed by atoms with E-state index in [1.54, 1.807) is 7.11 Å². The Bertz CT molecular complexity index is 563. The van der Waals surface area contributed by atoms with Gasteiger partial charge in [0.25, 0.3) is 0 Å². The summed E-state index contributed by atoms with van der Waals surface area (Å²) in [5.74, 6) is 0.890. The van der Waals surface area contributed by atoms with Crippen molar-refractivity contribution in [1.82, 2.24) is 9.80 Å². The number of nitrogens with zero attached hydrogens (tertiary/aromatic N) is 2. The Hall–Kier alpha value is -1.75. The molecule has 0 saturated carbocycles. The Morgan fingerprint density at radius 1 is 1.13 bits per heavy atom. The first-order chi connectivity index (χ1) is 10.8. The van der Waals surface area contributed by atoms with Crippen LogP contribution in [0.25, 0.3) is 0 Å². The van der Waals surface area contributed by atoms with Crippen LogP contribution in [0.5, 0.6) is 5.75 Å². The van der Waals surface area contributed by atoms with Crippen molar-refractivity contribution in [1.29, 1.82) is 0 Å². The molecule has 0 aromatic heterocycles. The molecular formula is C18H26N2O3. The largest absolute Gasteiger partial charge is 0.497 e. The number of likely N-dealkylation sites (tertiary alicyclic amines) is 2. The van der Waals surface area contributed by atoms with Crippen LogP contribution < -0.4 is 4.74 Å². The lowest BCUT2D eigenvalue weighted by Crippen LogP contribution is -2.72.